The van der Waals surface area contributed by atoms with Crippen molar-refractivity contribution in [3.63, 3.8) is 0 Å². The van der Waals surface area contributed by atoms with Gasteiger partial charge < -0.3 is 15.8 Å². The summed E-state index contributed by atoms with van der Waals surface area (Å²) in [6.45, 7) is 3.40. The molecule has 0 fully saturated rings. The standard InChI is InChI=1S/C12H15FN2O3/c1-3-18-12(17)7(2)15-11(16)9-5-4-8(13)6-10(9)14/h4-7H,3,14H2,1-2H3,(H,15,16). The van der Waals surface area contributed by atoms with Crippen LogP contribution in [0.2, 0.25) is 0 Å². The van der Waals surface area contributed by atoms with Gasteiger partial charge in [0.2, 0.25) is 0 Å². The van der Waals surface area contributed by atoms with Crippen molar-refractivity contribution in [2.24, 2.45) is 0 Å². The number of nitrogen functional groups attached to an aromatic ring is 1. The van der Waals surface area contributed by atoms with Gasteiger partial charge in [0.15, 0.2) is 0 Å². The lowest BCUT2D eigenvalue weighted by atomic mass is 10.1. The minimum Gasteiger partial charge on any atom is -0.464 e. The van der Waals surface area contributed by atoms with Crippen LogP contribution in [0.5, 0.6) is 0 Å². The van der Waals surface area contributed by atoms with Crippen molar-refractivity contribution in [1.82, 2.24) is 5.32 Å². The highest BCUT2D eigenvalue weighted by atomic mass is 19.1. The molecule has 0 aliphatic rings. The summed E-state index contributed by atoms with van der Waals surface area (Å²) in [4.78, 5) is 23.1. The predicted octanol–water partition coefficient (Wildman–Crippen LogP) is 1.09. The second-order valence-electron chi connectivity index (χ2n) is 3.68. The van der Waals surface area contributed by atoms with E-state index in [0.29, 0.717) is 0 Å². The topological polar surface area (TPSA) is 81.4 Å². The highest BCUT2D eigenvalue weighted by molar-refractivity contribution is 6.00. The van der Waals surface area contributed by atoms with Gasteiger partial charge in [-0.05, 0) is 32.0 Å². The molecular weight excluding hydrogens is 239 g/mol. The van der Waals surface area contributed by atoms with Gasteiger partial charge in [0.1, 0.15) is 11.9 Å². The van der Waals surface area contributed by atoms with E-state index in [2.05, 4.69) is 5.32 Å². The fraction of sp³-hybridized carbons (Fsp3) is 0.333. The average Bonchev–Trinajstić information content (AvgIpc) is 2.28. The van der Waals surface area contributed by atoms with Crippen molar-refractivity contribution in [2.75, 3.05) is 12.3 Å². The Hall–Kier alpha value is -2.11. The number of benzene rings is 1. The molecule has 98 valence electrons. The molecule has 3 N–H and O–H groups in total. The number of nitrogens with two attached hydrogens (primary N) is 1. The van der Waals surface area contributed by atoms with Gasteiger partial charge >= 0.3 is 5.97 Å². The van der Waals surface area contributed by atoms with Gasteiger partial charge in [0, 0.05) is 5.69 Å². The van der Waals surface area contributed by atoms with E-state index >= 15 is 0 Å². The maximum atomic E-state index is 12.8. The molecule has 0 bridgehead atoms. The van der Waals surface area contributed by atoms with Crippen molar-refractivity contribution in [2.45, 2.75) is 19.9 Å². The molecular formula is C12H15FN2O3. The Morgan fingerprint density at radius 3 is 2.72 bits per heavy atom. The zero-order valence-corrected chi connectivity index (χ0v) is 10.2. The quantitative estimate of drug-likeness (QED) is 0.622. The smallest absolute Gasteiger partial charge is 0.328 e. The Morgan fingerprint density at radius 1 is 1.50 bits per heavy atom. The molecule has 0 saturated carbocycles. The molecule has 0 spiro atoms. The fourth-order valence-corrected chi connectivity index (χ4v) is 1.34. The van der Waals surface area contributed by atoms with Crippen LogP contribution in [0, 0.1) is 5.82 Å². The summed E-state index contributed by atoms with van der Waals surface area (Å²) in [5.41, 5.74) is 5.65. The molecule has 1 unspecified atom stereocenters. The zero-order chi connectivity index (χ0) is 13.7. The van der Waals surface area contributed by atoms with Gasteiger partial charge in [-0.2, -0.15) is 0 Å². The van der Waals surface area contributed by atoms with Crippen molar-refractivity contribution in [3.8, 4) is 0 Å². The van der Waals surface area contributed by atoms with Crippen LogP contribution in [-0.2, 0) is 9.53 Å². The number of rotatable bonds is 4. The van der Waals surface area contributed by atoms with Gasteiger partial charge in [-0.1, -0.05) is 0 Å². The maximum absolute atomic E-state index is 12.8. The maximum Gasteiger partial charge on any atom is 0.328 e. The van der Waals surface area contributed by atoms with E-state index in [9.17, 15) is 14.0 Å². The van der Waals surface area contributed by atoms with Crippen LogP contribution >= 0.6 is 0 Å². The molecule has 0 aliphatic heterocycles. The number of carbonyl (C=O) groups is 2. The van der Waals surface area contributed by atoms with Crippen LogP contribution in [0.4, 0.5) is 10.1 Å². The third kappa shape index (κ3) is 3.44. The van der Waals surface area contributed by atoms with E-state index in [-0.39, 0.29) is 17.9 Å². The number of hydrogen-bond acceptors (Lipinski definition) is 4. The molecule has 0 heterocycles. The number of anilines is 1. The lowest BCUT2D eigenvalue weighted by molar-refractivity contribution is -0.144. The lowest BCUT2D eigenvalue weighted by Gasteiger charge is -2.13. The SMILES string of the molecule is CCOC(=O)C(C)NC(=O)c1ccc(F)cc1N. The van der Waals surface area contributed by atoms with Crippen LogP contribution in [0.1, 0.15) is 24.2 Å². The monoisotopic (exact) mass is 254 g/mol. The molecule has 1 amide bonds. The molecule has 1 atom stereocenters. The second kappa shape index (κ2) is 6.00. The summed E-state index contributed by atoms with van der Waals surface area (Å²) in [6, 6.07) is 2.64. The number of hydrogen-bond donors (Lipinski definition) is 2. The van der Waals surface area contributed by atoms with E-state index in [1.807, 2.05) is 0 Å². The van der Waals surface area contributed by atoms with Crippen LogP contribution in [-0.4, -0.2) is 24.5 Å². The van der Waals surface area contributed by atoms with Crippen molar-refractivity contribution >= 4 is 17.6 Å². The summed E-state index contributed by atoms with van der Waals surface area (Å²) >= 11 is 0. The van der Waals surface area contributed by atoms with E-state index in [4.69, 9.17) is 10.5 Å². The third-order valence-electron chi connectivity index (χ3n) is 2.25. The molecule has 1 aromatic rings. The molecule has 0 radical (unpaired) electrons. The lowest BCUT2D eigenvalue weighted by Crippen LogP contribution is -2.39. The Balaban J connectivity index is 2.73. The Morgan fingerprint density at radius 2 is 2.17 bits per heavy atom. The van der Waals surface area contributed by atoms with E-state index < -0.39 is 23.7 Å². The number of ether oxygens (including phenoxy) is 1. The molecule has 0 saturated heterocycles. The number of nitrogens with one attached hydrogen (secondary N) is 1. The molecule has 0 aromatic heterocycles. The van der Waals surface area contributed by atoms with E-state index in [1.165, 1.54) is 13.0 Å². The largest absolute Gasteiger partial charge is 0.464 e. The van der Waals surface area contributed by atoms with Crippen molar-refractivity contribution in [1.29, 1.82) is 0 Å². The fourth-order valence-electron chi connectivity index (χ4n) is 1.34. The average molecular weight is 254 g/mol. The van der Waals surface area contributed by atoms with E-state index in [1.54, 1.807) is 6.92 Å². The first kappa shape index (κ1) is 14.0. The molecule has 18 heavy (non-hydrogen) atoms. The van der Waals surface area contributed by atoms with Crippen LogP contribution in [0.3, 0.4) is 0 Å². The summed E-state index contributed by atoms with van der Waals surface area (Å²) < 4.78 is 17.6. The van der Waals surface area contributed by atoms with Crippen LogP contribution in [0.25, 0.3) is 0 Å². The first-order chi connectivity index (χ1) is 8.45. The van der Waals surface area contributed by atoms with Gasteiger partial charge in [-0.3, -0.25) is 4.79 Å². The van der Waals surface area contributed by atoms with Gasteiger partial charge in [-0.15, -0.1) is 0 Å². The van der Waals surface area contributed by atoms with Gasteiger partial charge in [0.05, 0.1) is 12.2 Å². The molecule has 0 aliphatic carbocycles. The minimum absolute atomic E-state index is 0.0172. The number of halogens is 1. The van der Waals surface area contributed by atoms with Gasteiger partial charge in [-0.25, -0.2) is 9.18 Å². The summed E-state index contributed by atoms with van der Waals surface area (Å²) in [6.07, 6.45) is 0. The number of esters is 1. The second-order valence-corrected chi connectivity index (χ2v) is 3.68. The first-order valence-corrected chi connectivity index (χ1v) is 5.48. The van der Waals surface area contributed by atoms with Gasteiger partial charge in [0.25, 0.3) is 5.91 Å². The van der Waals surface area contributed by atoms with Crippen molar-refractivity contribution < 1.29 is 18.7 Å². The van der Waals surface area contributed by atoms with E-state index in [0.717, 1.165) is 12.1 Å². The summed E-state index contributed by atoms with van der Waals surface area (Å²) in [5.74, 6) is -1.61. The third-order valence-corrected chi connectivity index (χ3v) is 2.25. The normalized spacial score (nSPS) is 11.7. The molecule has 1 rings (SSSR count). The summed E-state index contributed by atoms with van der Waals surface area (Å²) in [5, 5.41) is 2.43. The zero-order valence-electron chi connectivity index (χ0n) is 10.2. The number of carbonyl (C=O) groups excluding carboxylic acids is 2. The Bertz CT molecular complexity index is 463. The Labute approximate surface area is 104 Å². The summed E-state index contributed by atoms with van der Waals surface area (Å²) in [7, 11) is 0. The predicted molar refractivity (Wildman–Crippen MR) is 64.4 cm³/mol. The number of amides is 1. The highest BCUT2D eigenvalue weighted by Crippen LogP contribution is 2.13. The van der Waals surface area contributed by atoms with Crippen LogP contribution < -0.4 is 11.1 Å². The van der Waals surface area contributed by atoms with Crippen molar-refractivity contribution in [3.05, 3.63) is 29.6 Å². The molecule has 6 heteroatoms. The van der Waals surface area contributed by atoms with Crippen LogP contribution in [0.15, 0.2) is 18.2 Å². The molecule has 5 nitrogen and oxygen atoms in total. The molecule has 1 aromatic carbocycles. The Kier molecular flexibility index (Phi) is 4.65. The highest BCUT2D eigenvalue weighted by Gasteiger charge is 2.18. The first-order valence-electron chi connectivity index (χ1n) is 5.48. The minimum atomic E-state index is -0.790.